The topological polar surface area (TPSA) is 0 Å². The van der Waals surface area contributed by atoms with Crippen molar-refractivity contribution in [2.45, 2.75) is 32.1 Å². The molecule has 13 heavy (non-hydrogen) atoms. The highest BCUT2D eigenvalue weighted by Gasteiger charge is 2.15. The Morgan fingerprint density at radius 3 is 2.62 bits per heavy atom. The molecule has 0 aromatic heterocycles. The van der Waals surface area contributed by atoms with Crippen molar-refractivity contribution in [2.24, 2.45) is 0 Å². The minimum absolute atomic E-state index is 0.690. The van der Waals surface area contributed by atoms with E-state index < -0.39 is 0 Å². The Labute approximate surface area is 80.3 Å². The van der Waals surface area contributed by atoms with Crippen molar-refractivity contribution in [3.05, 3.63) is 47.5 Å². The number of hydrogen-bond donors (Lipinski definition) is 0. The summed E-state index contributed by atoms with van der Waals surface area (Å²) in [4.78, 5) is 0. The summed E-state index contributed by atoms with van der Waals surface area (Å²) in [7, 11) is 0. The van der Waals surface area contributed by atoms with Crippen LogP contribution < -0.4 is 0 Å². The van der Waals surface area contributed by atoms with E-state index in [0.29, 0.717) is 5.92 Å². The van der Waals surface area contributed by atoms with Crippen LogP contribution in [0.2, 0.25) is 0 Å². The van der Waals surface area contributed by atoms with Gasteiger partial charge in [0.2, 0.25) is 0 Å². The standard InChI is InChI=1S/C13H16/c1-11-7-5-6-10-13(11)12-8-3-2-4-9-12/h2-4,7-9,13H,5-6,10H2,1H3/t13-/m1/s1. The first-order valence-corrected chi connectivity index (χ1v) is 5.09. The SMILES string of the molecule is CC1=CCCC[C@H]1c1ccccc1. The maximum absolute atomic E-state index is 2.39. The summed E-state index contributed by atoms with van der Waals surface area (Å²) >= 11 is 0. The number of hydrogen-bond acceptors (Lipinski definition) is 0. The molecule has 68 valence electrons. The van der Waals surface area contributed by atoms with Gasteiger partial charge in [0.15, 0.2) is 0 Å². The zero-order valence-corrected chi connectivity index (χ0v) is 8.16. The molecule has 0 aliphatic heterocycles. The van der Waals surface area contributed by atoms with Crippen LogP contribution in [0.1, 0.15) is 37.7 Å². The number of allylic oxidation sites excluding steroid dienone is 2. The molecule has 0 N–H and O–H groups in total. The maximum Gasteiger partial charge on any atom is 0.00455 e. The van der Waals surface area contributed by atoms with Crippen LogP contribution in [0.25, 0.3) is 0 Å². The molecule has 0 nitrogen and oxygen atoms in total. The molecule has 0 amide bonds. The van der Waals surface area contributed by atoms with Gasteiger partial charge in [-0.15, -0.1) is 0 Å². The van der Waals surface area contributed by atoms with Gasteiger partial charge in [0.1, 0.15) is 0 Å². The number of rotatable bonds is 1. The van der Waals surface area contributed by atoms with E-state index in [1.165, 1.54) is 24.8 Å². The molecule has 0 unspecified atom stereocenters. The lowest BCUT2D eigenvalue weighted by Gasteiger charge is -2.22. The van der Waals surface area contributed by atoms with Gasteiger partial charge < -0.3 is 0 Å². The highest BCUT2D eigenvalue weighted by atomic mass is 14.2. The summed E-state index contributed by atoms with van der Waals surface area (Å²) in [6.45, 7) is 2.26. The van der Waals surface area contributed by atoms with E-state index in [-0.39, 0.29) is 0 Å². The van der Waals surface area contributed by atoms with E-state index in [9.17, 15) is 0 Å². The molecular formula is C13H16. The fraction of sp³-hybridized carbons (Fsp3) is 0.385. The molecule has 1 aliphatic carbocycles. The Hall–Kier alpha value is -1.04. The predicted molar refractivity (Wildman–Crippen MR) is 56.8 cm³/mol. The van der Waals surface area contributed by atoms with Gasteiger partial charge in [-0.1, -0.05) is 42.0 Å². The molecule has 0 radical (unpaired) electrons. The normalized spacial score (nSPS) is 22.5. The van der Waals surface area contributed by atoms with Crippen LogP contribution in [0.5, 0.6) is 0 Å². The van der Waals surface area contributed by atoms with Gasteiger partial charge in [-0.3, -0.25) is 0 Å². The average molecular weight is 172 g/mol. The molecular weight excluding hydrogens is 156 g/mol. The second kappa shape index (κ2) is 3.78. The van der Waals surface area contributed by atoms with Crippen molar-refractivity contribution < 1.29 is 0 Å². The van der Waals surface area contributed by atoms with Gasteiger partial charge in [-0.2, -0.15) is 0 Å². The Morgan fingerprint density at radius 1 is 1.15 bits per heavy atom. The quantitative estimate of drug-likeness (QED) is 0.563. The van der Waals surface area contributed by atoms with Crippen LogP contribution in [0, 0.1) is 0 Å². The maximum atomic E-state index is 2.39. The third kappa shape index (κ3) is 1.82. The van der Waals surface area contributed by atoms with Crippen LogP contribution in [-0.2, 0) is 0 Å². The van der Waals surface area contributed by atoms with E-state index in [2.05, 4.69) is 43.3 Å². The summed E-state index contributed by atoms with van der Waals surface area (Å²) in [5.74, 6) is 0.690. The molecule has 1 aromatic carbocycles. The Balaban J connectivity index is 2.26. The van der Waals surface area contributed by atoms with Gasteiger partial charge in [-0.25, -0.2) is 0 Å². The van der Waals surface area contributed by atoms with E-state index >= 15 is 0 Å². The first kappa shape index (κ1) is 8.55. The summed E-state index contributed by atoms with van der Waals surface area (Å²) in [6.07, 6.45) is 6.33. The monoisotopic (exact) mass is 172 g/mol. The van der Waals surface area contributed by atoms with Gasteiger partial charge in [0.25, 0.3) is 0 Å². The van der Waals surface area contributed by atoms with Crippen LogP contribution >= 0.6 is 0 Å². The predicted octanol–water partition coefficient (Wildman–Crippen LogP) is 3.90. The fourth-order valence-electron chi connectivity index (χ4n) is 2.14. The molecule has 1 aliphatic rings. The van der Waals surface area contributed by atoms with Gasteiger partial charge >= 0.3 is 0 Å². The summed E-state index contributed by atoms with van der Waals surface area (Å²) < 4.78 is 0. The summed E-state index contributed by atoms with van der Waals surface area (Å²) in [6, 6.07) is 10.8. The smallest absolute Gasteiger partial charge is 0.00455 e. The lowest BCUT2D eigenvalue weighted by Crippen LogP contribution is -2.04. The van der Waals surface area contributed by atoms with Crippen molar-refractivity contribution in [1.29, 1.82) is 0 Å². The van der Waals surface area contributed by atoms with Crippen molar-refractivity contribution in [3.63, 3.8) is 0 Å². The molecule has 0 spiro atoms. The van der Waals surface area contributed by atoms with Crippen LogP contribution in [0.15, 0.2) is 42.0 Å². The van der Waals surface area contributed by atoms with Crippen LogP contribution in [0.4, 0.5) is 0 Å². The first-order valence-electron chi connectivity index (χ1n) is 5.09. The third-order valence-electron chi connectivity index (χ3n) is 2.91. The van der Waals surface area contributed by atoms with Crippen molar-refractivity contribution in [1.82, 2.24) is 0 Å². The molecule has 1 aromatic rings. The van der Waals surface area contributed by atoms with Crippen LogP contribution in [0.3, 0.4) is 0 Å². The van der Waals surface area contributed by atoms with Crippen molar-refractivity contribution in [3.8, 4) is 0 Å². The Bertz CT molecular complexity index is 295. The van der Waals surface area contributed by atoms with Crippen molar-refractivity contribution >= 4 is 0 Å². The van der Waals surface area contributed by atoms with Crippen molar-refractivity contribution in [2.75, 3.05) is 0 Å². The molecule has 0 saturated carbocycles. The van der Waals surface area contributed by atoms with Gasteiger partial charge in [0, 0.05) is 5.92 Å². The summed E-state index contributed by atoms with van der Waals surface area (Å²) in [5.41, 5.74) is 3.04. The Kier molecular flexibility index (Phi) is 2.49. The fourth-order valence-corrected chi connectivity index (χ4v) is 2.14. The minimum atomic E-state index is 0.690. The second-order valence-electron chi connectivity index (χ2n) is 3.84. The zero-order chi connectivity index (χ0) is 9.10. The summed E-state index contributed by atoms with van der Waals surface area (Å²) in [5, 5.41) is 0. The van der Waals surface area contributed by atoms with Gasteiger partial charge in [0.05, 0.1) is 0 Å². The average Bonchev–Trinajstić information content (AvgIpc) is 2.20. The Morgan fingerprint density at radius 2 is 1.92 bits per heavy atom. The lowest BCUT2D eigenvalue weighted by atomic mass is 9.83. The second-order valence-corrected chi connectivity index (χ2v) is 3.84. The van der Waals surface area contributed by atoms with E-state index in [1.54, 1.807) is 5.57 Å². The highest BCUT2D eigenvalue weighted by molar-refractivity contribution is 5.29. The van der Waals surface area contributed by atoms with Gasteiger partial charge in [-0.05, 0) is 31.7 Å². The lowest BCUT2D eigenvalue weighted by molar-refractivity contribution is 0.623. The molecule has 2 rings (SSSR count). The van der Waals surface area contributed by atoms with E-state index in [4.69, 9.17) is 0 Å². The highest BCUT2D eigenvalue weighted by Crippen LogP contribution is 2.33. The van der Waals surface area contributed by atoms with E-state index in [0.717, 1.165) is 0 Å². The molecule has 0 bridgehead atoms. The molecule has 0 saturated heterocycles. The zero-order valence-electron chi connectivity index (χ0n) is 8.16. The molecule has 0 fully saturated rings. The minimum Gasteiger partial charge on any atom is -0.0850 e. The molecule has 0 heterocycles. The molecule has 0 heteroatoms. The molecule has 1 atom stereocenters. The number of benzene rings is 1. The first-order chi connectivity index (χ1) is 6.38. The van der Waals surface area contributed by atoms with E-state index in [1.807, 2.05) is 0 Å². The van der Waals surface area contributed by atoms with Crippen LogP contribution in [-0.4, -0.2) is 0 Å². The third-order valence-corrected chi connectivity index (χ3v) is 2.91. The largest absolute Gasteiger partial charge is 0.0850 e.